The van der Waals surface area contributed by atoms with Crippen LogP contribution in [0.15, 0.2) is 24.3 Å². The van der Waals surface area contributed by atoms with Crippen molar-refractivity contribution in [1.82, 2.24) is 9.96 Å². The smallest absolute Gasteiger partial charge is 0.328 e. The van der Waals surface area contributed by atoms with Crippen molar-refractivity contribution in [3.63, 3.8) is 0 Å². The summed E-state index contributed by atoms with van der Waals surface area (Å²) in [5, 5.41) is 0.562. The van der Waals surface area contributed by atoms with Crippen molar-refractivity contribution in [2.75, 3.05) is 13.1 Å². The predicted molar refractivity (Wildman–Crippen MR) is 73.2 cm³/mol. The van der Waals surface area contributed by atoms with Gasteiger partial charge in [-0.05, 0) is 25.0 Å². The third kappa shape index (κ3) is 2.21. The van der Waals surface area contributed by atoms with Crippen LogP contribution in [0.5, 0.6) is 0 Å². The van der Waals surface area contributed by atoms with Crippen LogP contribution in [-0.4, -0.2) is 46.9 Å². The molecule has 6 nitrogen and oxygen atoms in total. The molecule has 0 bridgehead atoms. The van der Waals surface area contributed by atoms with Gasteiger partial charge in [-0.2, -0.15) is 0 Å². The van der Waals surface area contributed by atoms with Gasteiger partial charge in [0.15, 0.2) is 0 Å². The van der Waals surface area contributed by atoms with Crippen LogP contribution in [-0.2, 0) is 9.63 Å². The van der Waals surface area contributed by atoms with Crippen molar-refractivity contribution in [3.8, 4) is 0 Å². The van der Waals surface area contributed by atoms with Crippen LogP contribution in [0.4, 0.5) is 0 Å². The fraction of sp³-hybridized carbons (Fsp3) is 0.400. The number of nitrogens with zero attached hydrogens (tertiary/aromatic N) is 2. The number of benzene rings is 1. The summed E-state index contributed by atoms with van der Waals surface area (Å²) in [6.45, 7) is 5.45. The summed E-state index contributed by atoms with van der Waals surface area (Å²) in [7, 11) is 0. The van der Waals surface area contributed by atoms with Crippen LogP contribution in [0, 0.1) is 5.92 Å². The molecule has 2 aliphatic rings. The number of hydrogen-bond donors (Lipinski definition) is 0. The molecule has 2 heterocycles. The Morgan fingerprint density at radius 3 is 2.19 bits per heavy atom. The van der Waals surface area contributed by atoms with E-state index in [1.807, 2.05) is 4.90 Å². The van der Waals surface area contributed by atoms with E-state index in [9.17, 15) is 14.4 Å². The van der Waals surface area contributed by atoms with Gasteiger partial charge in [0.2, 0.25) is 0 Å². The molecule has 0 N–H and O–H groups in total. The first kappa shape index (κ1) is 13.8. The summed E-state index contributed by atoms with van der Waals surface area (Å²) in [6.07, 6.45) is 0. The Bertz CT molecular complexity index is 587. The quantitative estimate of drug-likeness (QED) is 0.779. The average Bonchev–Trinajstić information content (AvgIpc) is 2.69. The molecule has 1 fully saturated rings. The molecule has 110 valence electrons. The summed E-state index contributed by atoms with van der Waals surface area (Å²) in [6, 6.07) is 5.96. The van der Waals surface area contributed by atoms with Crippen LogP contribution in [0.25, 0.3) is 0 Å². The Labute approximate surface area is 122 Å². The van der Waals surface area contributed by atoms with Crippen LogP contribution >= 0.6 is 0 Å². The molecule has 1 aromatic rings. The van der Waals surface area contributed by atoms with Gasteiger partial charge in [-0.25, -0.2) is 4.79 Å². The predicted octanol–water partition coefficient (Wildman–Crippen LogP) is 1.08. The minimum Gasteiger partial charge on any atom is -0.328 e. The normalized spacial score (nSPS) is 20.2. The summed E-state index contributed by atoms with van der Waals surface area (Å²) in [5.74, 6) is -1.21. The SMILES string of the molecule is CC1CN(C(C)C(=O)ON2C(=O)c3ccccc3C2=O)C1. The van der Waals surface area contributed by atoms with Crippen molar-refractivity contribution in [2.45, 2.75) is 19.9 Å². The standard InChI is InChI=1S/C15H16N2O4/c1-9-7-16(8-9)10(2)15(20)21-17-13(18)11-5-3-4-6-12(11)14(17)19/h3-6,9-10H,7-8H2,1-2H3. The summed E-state index contributed by atoms with van der Waals surface area (Å²) >= 11 is 0. The molecule has 1 unspecified atom stereocenters. The van der Waals surface area contributed by atoms with Crippen molar-refractivity contribution in [1.29, 1.82) is 0 Å². The fourth-order valence-corrected chi connectivity index (χ4v) is 2.63. The van der Waals surface area contributed by atoms with Gasteiger partial charge in [0.25, 0.3) is 11.8 Å². The number of rotatable bonds is 3. The first-order valence-corrected chi connectivity index (χ1v) is 6.92. The number of hydroxylamine groups is 2. The highest BCUT2D eigenvalue weighted by atomic mass is 16.7. The zero-order valence-corrected chi connectivity index (χ0v) is 11.9. The molecule has 0 aromatic heterocycles. The number of amides is 2. The number of hydrogen-bond acceptors (Lipinski definition) is 5. The maximum absolute atomic E-state index is 12.1. The van der Waals surface area contributed by atoms with E-state index < -0.39 is 23.8 Å². The first-order chi connectivity index (χ1) is 9.99. The molecule has 3 rings (SSSR count). The Balaban J connectivity index is 1.70. The minimum absolute atomic E-state index is 0.264. The second-order valence-corrected chi connectivity index (χ2v) is 5.60. The lowest BCUT2D eigenvalue weighted by molar-refractivity contribution is -0.176. The van der Waals surface area contributed by atoms with Gasteiger partial charge in [-0.15, -0.1) is 0 Å². The van der Waals surface area contributed by atoms with Crippen molar-refractivity contribution in [2.24, 2.45) is 5.92 Å². The zero-order valence-electron chi connectivity index (χ0n) is 11.9. The number of imide groups is 1. The lowest BCUT2D eigenvalue weighted by Crippen LogP contribution is -2.54. The van der Waals surface area contributed by atoms with E-state index in [4.69, 9.17) is 4.84 Å². The lowest BCUT2D eigenvalue weighted by atomic mass is 10.0. The average molecular weight is 288 g/mol. The van der Waals surface area contributed by atoms with Crippen molar-refractivity contribution >= 4 is 17.8 Å². The second-order valence-electron chi connectivity index (χ2n) is 5.60. The van der Waals surface area contributed by atoms with E-state index in [1.54, 1.807) is 31.2 Å². The Morgan fingerprint density at radius 2 is 1.71 bits per heavy atom. The van der Waals surface area contributed by atoms with E-state index >= 15 is 0 Å². The highest BCUT2D eigenvalue weighted by molar-refractivity contribution is 6.20. The Morgan fingerprint density at radius 1 is 1.19 bits per heavy atom. The molecule has 0 saturated carbocycles. The Hall–Kier alpha value is -2.21. The van der Waals surface area contributed by atoms with Crippen molar-refractivity contribution < 1.29 is 19.2 Å². The van der Waals surface area contributed by atoms with E-state index in [2.05, 4.69) is 6.92 Å². The molecule has 1 saturated heterocycles. The number of likely N-dealkylation sites (tertiary alicyclic amines) is 1. The van der Waals surface area contributed by atoms with E-state index in [0.29, 0.717) is 11.0 Å². The summed E-state index contributed by atoms with van der Waals surface area (Å²) < 4.78 is 0. The lowest BCUT2D eigenvalue weighted by Gasteiger charge is -2.40. The van der Waals surface area contributed by atoms with E-state index in [0.717, 1.165) is 13.1 Å². The number of fused-ring (bicyclic) bond motifs is 1. The van der Waals surface area contributed by atoms with Gasteiger partial charge < -0.3 is 4.84 Å². The van der Waals surface area contributed by atoms with Crippen LogP contribution in [0.1, 0.15) is 34.6 Å². The van der Waals surface area contributed by atoms with E-state index in [1.165, 1.54) is 0 Å². The molecule has 1 aromatic carbocycles. The van der Waals surface area contributed by atoms with Gasteiger partial charge in [0.1, 0.15) is 6.04 Å². The van der Waals surface area contributed by atoms with Gasteiger partial charge in [-0.1, -0.05) is 24.1 Å². The highest BCUT2D eigenvalue weighted by Gasteiger charge is 2.40. The topological polar surface area (TPSA) is 66.9 Å². The fourth-order valence-electron chi connectivity index (χ4n) is 2.63. The molecule has 21 heavy (non-hydrogen) atoms. The number of carbonyl (C=O) groups excluding carboxylic acids is 3. The Kier molecular flexibility index (Phi) is 3.25. The molecular formula is C15H16N2O4. The first-order valence-electron chi connectivity index (χ1n) is 6.92. The molecule has 0 aliphatic carbocycles. The van der Waals surface area contributed by atoms with Gasteiger partial charge >= 0.3 is 5.97 Å². The maximum atomic E-state index is 12.1. The van der Waals surface area contributed by atoms with Crippen LogP contribution < -0.4 is 0 Å². The van der Waals surface area contributed by atoms with Crippen molar-refractivity contribution in [3.05, 3.63) is 35.4 Å². The maximum Gasteiger partial charge on any atom is 0.349 e. The molecule has 0 radical (unpaired) electrons. The van der Waals surface area contributed by atoms with E-state index in [-0.39, 0.29) is 11.1 Å². The molecule has 2 amide bonds. The zero-order chi connectivity index (χ0) is 15.1. The van der Waals surface area contributed by atoms with Gasteiger partial charge in [-0.3, -0.25) is 14.5 Å². The third-order valence-electron chi connectivity index (χ3n) is 3.92. The molecular weight excluding hydrogens is 272 g/mol. The summed E-state index contributed by atoms with van der Waals surface area (Å²) in [5.41, 5.74) is 0.529. The van der Waals surface area contributed by atoms with Crippen LogP contribution in [0.2, 0.25) is 0 Å². The summed E-state index contributed by atoms with van der Waals surface area (Å²) in [4.78, 5) is 43.2. The monoisotopic (exact) mass is 288 g/mol. The van der Waals surface area contributed by atoms with Crippen LogP contribution in [0.3, 0.4) is 0 Å². The molecule has 0 spiro atoms. The molecule has 6 heteroatoms. The van der Waals surface area contributed by atoms with Gasteiger partial charge in [0.05, 0.1) is 11.1 Å². The molecule has 2 aliphatic heterocycles. The second kappa shape index (κ2) is 4.96. The van der Waals surface area contributed by atoms with Gasteiger partial charge in [0, 0.05) is 13.1 Å². The molecule has 1 atom stereocenters. The largest absolute Gasteiger partial charge is 0.349 e. The number of carbonyl (C=O) groups is 3. The third-order valence-corrected chi connectivity index (χ3v) is 3.92. The highest BCUT2D eigenvalue weighted by Crippen LogP contribution is 2.24. The minimum atomic E-state index is -0.590.